The van der Waals surface area contributed by atoms with Gasteiger partial charge in [-0.3, -0.25) is 0 Å². The molecule has 7 heteroatoms. The molecule has 0 aliphatic rings. The maximum absolute atomic E-state index is 5.21. The van der Waals surface area contributed by atoms with Gasteiger partial charge in [-0.25, -0.2) is 4.98 Å². The molecule has 22 heavy (non-hydrogen) atoms. The SMILES string of the molecule is COC(C)CNc1nc(Nc2ccccc2)c2[nH]cnc2n1. The standard InChI is InChI=1S/C15H18N6O/c1-10(22-2)8-16-15-20-13-12(17-9-18-13)14(21-15)19-11-6-4-3-5-7-11/h3-7,9-10H,8H2,1-2H3,(H3,16,17,18,19,20,21). The van der Waals surface area contributed by atoms with E-state index < -0.39 is 0 Å². The van der Waals surface area contributed by atoms with E-state index in [2.05, 4.69) is 30.6 Å². The van der Waals surface area contributed by atoms with Gasteiger partial charge in [0.25, 0.3) is 0 Å². The van der Waals surface area contributed by atoms with Crippen molar-refractivity contribution in [1.29, 1.82) is 0 Å². The molecule has 7 nitrogen and oxygen atoms in total. The molecule has 1 atom stereocenters. The number of methoxy groups -OCH3 is 1. The van der Waals surface area contributed by atoms with Crippen molar-refractivity contribution in [3.63, 3.8) is 0 Å². The molecule has 2 heterocycles. The fourth-order valence-corrected chi connectivity index (χ4v) is 1.98. The van der Waals surface area contributed by atoms with Crippen molar-refractivity contribution >= 4 is 28.6 Å². The van der Waals surface area contributed by atoms with Crippen LogP contribution in [0.15, 0.2) is 36.7 Å². The summed E-state index contributed by atoms with van der Waals surface area (Å²) in [6.45, 7) is 2.60. The molecule has 3 rings (SSSR count). The monoisotopic (exact) mass is 298 g/mol. The lowest BCUT2D eigenvalue weighted by Gasteiger charge is -2.12. The highest BCUT2D eigenvalue weighted by Gasteiger charge is 2.11. The Bertz CT molecular complexity index is 742. The Hall–Kier alpha value is -2.67. The summed E-state index contributed by atoms with van der Waals surface area (Å²) < 4.78 is 5.21. The minimum Gasteiger partial charge on any atom is -0.380 e. The molecular formula is C15H18N6O. The molecule has 3 N–H and O–H groups in total. The normalized spacial score (nSPS) is 12.3. The van der Waals surface area contributed by atoms with Crippen molar-refractivity contribution in [3.8, 4) is 0 Å². The lowest BCUT2D eigenvalue weighted by Crippen LogP contribution is -2.19. The summed E-state index contributed by atoms with van der Waals surface area (Å²) >= 11 is 0. The zero-order valence-electron chi connectivity index (χ0n) is 12.5. The van der Waals surface area contributed by atoms with Crippen molar-refractivity contribution in [2.75, 3.05) is 24.3 Å². The molecule has 3 aromatic rings. The Morgan fingerprint density at radius 2 is 2.05 bits per heavy atom. The van der Waals surface area contributed by atoms with Crippen molar-refractivity contribution < 1.29 is 4.74 Å². The van der Waals surface area contributed by atoms with Gasteiger partial charge in [0.05, 0.1) is 12.4 Å². The van der Waals surface area contributed by atoms with E-state index in [1.807, 2.05) is 37.3 Å². The number of rotatable bonds is 6. The zero-order chi connectivity index (χ0) is 15.4. The second kappa shape index (κ2) is 6.40. The summed E-state index contributed by atoms with van der Waals surface area (Å²) in [5.41, 5.74) is 2.34. The molecule has 0 aliphatic heterocycles. The number of aromatic nitrogens is 4. The topological polar surface area (TPSA) is 87.8 Å². The Kier molecular flexibility index (Phi) is 4.15. The summed E-state index contributed by atoms with van der Waals surface area (Å²) in [6.07, 6.45) is 1.68. The van der Waals surface area contributed by atoms with Crippen LogP contribution in [0.4, 0.5) is 17.5 Å². The van der Waals surface area contributed by atoms with Crippen LogP contribution in [0.2, 0.25) is 0 Å². The van der Waals surface area contributed by atoms with Gasteiger partial charge in [0.2, 0.25) is 5.95 Å². The molecule has 0 saturated carbocycles. The van der Waals surface area contributed by atoms with Gasteiger partial charge in [0.15, 0.2) is 11.5 Å². The summed E-state index contributed by atoms with van der Waals surface area (Å²) in [4.78, 5) is 16.2. The van der Waals surface area contributed by atoms with Gasteiger partial charge in [-0.2, -0.15) is 9.97 Å². The molecule has 0 fully saturated rings. The van der Waals surface area contributed by atoms with Gasteiger partial charge in [-0.1, -0.05) is 18.2 Å². The van der Waals surface area contributed by atoms with Crippen LogP contribution >= 0.6 is 0 Å². The number of imidazole rings is 1. The highest BCUT2D eigenvalue weighted by Crippen LogP contribution is 2.22. The average Bonchev–Trinajstić information content (AvgIpc) is 3.02. The molecule has 2 aromatic heterocycles. The number of aromatic amines is 1. The molecule has 0 saturated heterocycles. The first-order chi connectivity index (χ1) is 10.8. The van der Waals surface area contributed by atoms with E-state index in [9.17, 15) is 0 Å². The summed E-state index contributed by atoms with van der Waals surface area (Å²) in [5.74, 6) is 1.20. The largest absolute Gasteiger partial charge is 0.380 e. The molecule has 0 amide bonds. The number of fused-ring (bicyclic) bond motifs is 1. The first kappa shape index (κ1) is 14.3. The maximum atomic E-state index is 5.21. The molecule has 0 aliphatic carbocycles. The minimum absolute atomic E-state index is 0.0732. The third kappa shape index (κ3) is 3.15. The molecule has 0 bridgehead atoms. The number of para-hydroxylation sites is 1. The second-order valence-electron chi connectivity index (χ2n) is 4.92. The molecule has 0 radical (unpaired) electrons. The predicted octanol–water partition coefficient (Wildman–Crippen LogP) is 2.54. The summed E-state index contributed by atoms with van der Waals surface area (Å²) in [6, 6.07) is 9.85. The van der Waals surface area contributed by atoms with Crippen molar-refractivity contribution in [2.24, 2.45) is 0 Å². The van der Waals surface area contributed by atoms with Crippen molar-refractivity contribution in [3.05, 3.63) is 36.7 Å². The van der Waals surface area contributed by atoms with E-state index in [-0.39, 0.29) is 6.10 Å². The average molecular weight is 298 g/mol. The number of ether oxygens (including phenoxy) is 1. The molecule has 114 valence electrons. The highest BCUT2D eigenvalue weighted by molar-refractivity contribution is 5.85. The van der Waals surface area contributed by atoms with E-state index >= 15 is 0 Å². The van der Waals surface area contributed by atoms with Crippen LogP contribution in [0.25, 0.3) is 11.2 Å². The van der Waals surface area contributed by atoms with E-state index in [0.29, 0.717) is 24.0 Å². The molecular weight excluding hydrogens is 280 g/mol. The molecule has 0 spiro atoms. The third-order valence-corrected chi connectivity index (χ3v) is 3.27. The first-order valence-electron chi connectivity index (χ1n) is 7.06. The van der Waals surface area contributed by atoms with Crippen LogP contribution < -0.4 is 10.6 Å². The number of hydrogen-bond acceptors (Lipinski definition) is 6. The molecule has 1 aromatic carbocycles. The third-order valence-electron chi connectivity index (χ3n) is 3.27. The van der Waals surface area contributed by atoms with Crippen molar-refractivity contribution in [2.45, 2.75) is 13.0 Å². The van der Waals surface area contributed by atoms with E-state index in [1.54, 1.807) is 13.4 Å². The zero-order valence-corrected chi connectivity index (χ0v) is 12.5. The van der Waals surface area contributed by atoms with E-state index in [4.69, 9.17) is 4.74 Å². The maximum Gasteiger partial charge on any atom is 0.226 e. The second-order valence-corrected chi connectivity index (χ2v) is 4.92. The van der Waals surface area contributed by atoms with Crippen LogP contribution in [0.3, 0.4) is 0 Å². The fraction of sp³-hybridized carbons (Fsp3) is 0.267. The quantitative estimate of drug-likeness (QED) is 0.648. The number of hydrogen-bond donors (Lipinski definition) is 3. The van der Waals surface area contributed by atoms with Gasteiger partial charge in [-0.05, 0) is 19.1 Å². The fourth-order valence-electron chi connectivity index (χ4n) is 1.98. The van der Waals surface area contributed by atoms with Gasteiger partial charge in [0, 0.05) is 19.3 Å². The van der Waals surface area contributed by atoms with Crippen molar-refractivity contribution in [1.82, 2.24) is 19.9 Å². The number of nitrogens with zero attached hydrogens (tertiary/aromatic N) is 3. The first-order valence-corrected chi connectivity index (χ1v) is 7.06. The van der Waals surface area contributed by atoms with Crippen LogP contribution in [0.1, 0.15) is 6.92 Å². The smallest absolute Gasteiger partial charge is 0.226 e. The predicted molar refractivity (Wildman–Crippen MR) is 86.4 cm³/mol. The number of benzene rings is 1. The Morgan fingerprint density at radius 1 is 1.23 bits per heavy atom. The van der Waals surface area contributed by atoms with Gasteiger partial charge >= 0.3 is 0 Å². The minimum atomic E-state index is 0.0732. The highest BCUT2D eigenvalue weighted by atomic mass is 16.5. The number of anilines is 3. The van der Waals surface area contributed by atoms with Gasteiger partial charge in [0.1, 0.15) is 5.52 Å². The lowest BCUT2D eigenvalue weighted by molar-refractivity contribution is 0.128. The van der Waals surface area contributed by atoms with Gasteiger partial charge in [-0.15, -0.1) is 0 Å². The van der Waals surface area contributed by atoms with Crippen LogP contribution in [-0.4, -0.2) is 39.7 Å². The van der Waals surface area contributed by atoms with E-state index in [0.717, 1.165) is 11.2 Å². The van der Waals surface area contributed by atoms with E-state index in [1.165, 1.54) is 0 Å². The lowest BCUT2D eigenvalue weighted by atomic mass is 10.3. The van der Waals surface area contributed by atoms with Crippen LogP contribution in [0.5, 0.6) is 0 Å². The Labute approximate surface area is 128 Å². The summed E-state index contributed by atoms with van der Waals surface area (Å²) in [7, 11) is 1.67. The number of nitrogens with one attached hydrogen (secondary N) is 3. The Balaban J connectivity index is 1.88. The summed E-state index contributed by atoms with van der Waals surface area (Å²) in [5, 5.41) is 6.44. The Morgan fingerprint density at radius 3 is 2.82 bits per heavy atom. The number of H-pyrrole nitrogens is 1. The van der Waals surface area contributed by atoms with Crippen LogP contribution in [-0.2, 0) is 4.74 Å². The van der Waals surface area contributed by atoms with Crippen LogP contribution in [0, 0.1) is 0 Å². The molecule has 1 unspecified atom stereocenters. The van der Waals surface area contributed by atoms with Gasteiger partial charge < -0.3 is 20.4 Å².